The third kappa shape index (κ3) is 4.29. The molecule has 1 aliphatic heterocycles. The van der Waals surface area contributed by atoms with Crippen LogP contribution in [0.25, 0.3) is 5.82 Å². The summed E-state index contributed by atoms with van der Waals surface area (Å²) >= 11 is 0. The quantitative estimate of drug-likeness (QED) is 0.625. The van der Waals surface area contributed by atoms with E-state index in [0.29, 0.717) is 43.5 Å². The number of methoxy groups -OCH3 is 1. The van der Waals surface area contributed by atoms with Crippen molar-refractivity contribution in [1.82, 2.24) is 24.6 Å². The first-order valence-corrected chi connectivity index (χ1v) is 9.35. The van der Waals surface area contributed by atoms with Crippen molar-refractivity contribution in [1.29, 1.82) is 0 Å². The number of anilines is 1. The van der Waals surface area contributed by atoms with Crippen LogP contribution in [0.3, 0.4) is 0 Å². The summed E-state index contributed by atoms with van der Waals surface area (Å²) in [4.78, 5) is 25.1. The molecule has 0 atom stereocenters. The zero-order valence-corrected chi connectivity index (χ0v) is 16.1. The molecule has 3 aromatic rings. The molecule has 0 N–H and O–H groups in total. The summed E-state index contributed by atoms with van der Waals surface area (Å²) in [6.07, 6.45) is 5.08. The van der Waals surface area contributed by atoms with Crippen LogP contribution >= 0.6 is 0 Å². The van der Waals surface area contributed by atoms with Crippen molar-refractivity contribution in [3.63, 3.8) is 0 Å². The van der Waals surface area contributed by atoms with Crippen LogP contribution in [0.2, 0.25) is 0 Å². The highest BCUT2D eigenvalue weighted by Crippen LogP contribution is 2.25. The van der Waals surface area contributed by atoms with Crippen molar-refractivity contribution < 1.29 is 14.3 Å². The molecular formula is C20H22N6O3. The number of nitrogens with zero attached hydrogens (tertiary/aromatic N) is 6. The van der Waals surface area contributed by atoms with Crippen LogP contribution in [-0.4, -0.2) is 70.5 Å². The molecule has 1 aromatic carbocycles. The Bertz CT molecular complexity index is 954. The van der Waals surface area contributed by atoms with Gasteiger partial charge >= 0.3 is 0 Å². The number of ether oxygens (including phenoxy) is 2. The minimum atomic E-state index is -0.0459. The number of rotatable bonds is 6. The van der Waals surface area contributed by atoms with Crippen LogP contribution in [0, 0.1) is 0 Å². The van der Waals surface area contributed by atoms with Crippen molar-refractivity contribution >= 4 is 11.7 Å². The van der Waals surface area contributed by atoms with Crippen LogP contribution in [0.4, 0.5) is 5.82 Å². The van der Waals surface area contributed by atoms with E-state index in [1.54, 1.807) is 30.1 Å². The third-order valence-electron chi connectivity index (χ3n) is 4.75. The predicted octanol–water partition coefficient (Wildman–Crippen LogP) is 1.40. The van der Waals surface area contributed by atoms with Gasteiger partial charge in [-0.3, -0.25) is 4.79 Å². The molecule has 1 saturated heterocycles. The summed E-state index contributed by atoms with van der Waals surface area (Å²) in [5.74, 6) is 2.66. The lowest BCUT2D eigenvalue weighted by molar-refractivity contribution is -0.133. The average molecular weight is 394 g/mol. The smallest absolute Gasteiger partial charge is 0.260 e. The molecule has 150 valence electrons. The largest absolute Gasteiger partial charge is 0.493 e. The highest BCUT2D eigenvalue weighted by molar-refractivity contribution is 5.78. The molecule has 0 saturated carbocycles. The number of amides is 1. The normalized spacial score (nSPS) is 14.0. The lowest BCUT2D eigenvalue weighted by Crippen LogP contribution is -2.50. The molecule has 9 nitrogen and oxygen atoms in total. The van der Waals surface area contributed by atoms with E-state index in [0.717, 1.165) is 5.82 Å². The van der Waals surface area contributed by atoms with Crippen LogP contribution < -0.4 is 14.4 Å². The molecule has 1 aliphatic rings. The number of hydrogen-bond acceptors (Lipinski definition) is 7. The second kappa shape index (κ2) is 8.59. The maximum Gasteiger partial charge on any atom is 0.260 e. The summed E-state index contributed by atoms with van der Waals surface area (Å²) in [5.41, 5.74) is 0. The molecule has 9 heteroatoms. The van der Waals surface area contributed by atoms with E-state index < -0.39 is 0 Å². The van der Waals surface area contributed by atoms with Crippen LogP contribution in [0.15, 0.2) is 55.1 Å². The highest BCUT2D eigenvalue weighted by Gasteiger charge is 2.23. The summed E-state index contributed by atoms with van der Waals surface area (Å²) < 4.78 is 12.6. The number of carbonyl (C=O) groups excluding carboxylic acids is 1. The number of piperazine rings is 1. The van der Waals surface area contributed by atoms with E-state index in [9.17, 15) is 4.79 Å². The zero-order valence-electron chi connectivity index (χ0n) is 16.1. The third-order valence-corrected chi connectivity index (χ3v) is 4.75. The van der Waals surface area contributed by atoms with Gasteiger partial charge < -0.3 is 19.3 Å². The van der Waals surface area contributed by atoms with Crippen molar-refractivity contribution in [3.8, 4) is 17.3 Å². The van der Waals surface area contributed by atoms with Gasteiger partial charge in [-0.15, -0.1) is 0 Å². The lowest BCUT2D eigenvalue weighted by Gasteiger charge is -2.35. The lowest BCUT2D eigenvalue weighted by atomic mass is 10.3. The Balaban J connectivity index is 1.32. The molecule has 29 heavy (non-hydrogen) atoms. The molecule has 3 heterocycles. The minimum Gasteiger partial charge on any atom is -0.493 e. The Hall–Kier alpha value is -3.62. The van der Waals surface area contributed by atoms with Crippen LogP contribution in [0.5, 0.6) is 11.5 Å². The van der Waals surface area contributed by atoms with E-state index in [1.165, 1.54) is 6.33 Å². The van der Waals surface area contributed by atoms with E-state index >= 15 is 0 Å². The maximum atomic E-state index is 12.5. The van der Waals surface area contributed by atoms with Gasteiger partial charge in [-0.25, -0.2) is 14.6 Å². The van der Waals surface area contributed by atoms with Gasteiger partial charge in [0.2, 0.25) is 0 Å². The monoisotopic (exact) mass is 394 g/mol. The van der Waals surface area contributed by atoms with Crippen molar-refractivity contribution in [3.05, 3.63) is 55.1 Å². The SMILES string of the molecule is COc1ccccc1OCC(=O)N1CCN(c2cc(-n3cccn3)ncn2)CC1. The molecule has 1 amide bonds. The van der Waals surface area contributed by atoms with Gasteiger partial charge in [-0.2, -0.15) is 5.10 Å². The Morgan fingerprint density at radius 1 is 1.03 bits per heavy atom. The van der Waals surface area contributed by atoms with Gasteiger partial charge in [-0.05, 0) is 18.2 Å². The first-order chi connectivity index (χ1) is 14.2. The first-order valence-electron chi connectivity index (χ1n) is 9.35. The molecular weight excluding hydrogens is 372 g/mol. The second-order valence-electron chi connectivity index (χ2n) is 6.49. The summed E-state index contributed by atoms with van der Waals surface area (Å²) in [6, 6.07) is 11.0. The fourth-order valence-electron chi connectivity index (χ4n) is 3.19. The van der Waals surface area contributed by atoms with Gasteiger partial charge in [0.15, 0.2) is 23.9 Å². The molecule has 0 bridgehead atoms. The standard InChI is InChI=1S/C20H22N6O3/c1-28-16-5-2-3-6-17(16)29-14-20(27)25-11-9-24(10-12-25)18-13-19(22-15-21-18)26-8-4-7-23-26/h2-8,13,15H,9-12,14H2,1H3. The van der Waals surface area contributed by atoms with Crippen molar-refractivity contribution in [2.45, 2.75) is 0 Å². The topological polar surface area (TPSA) is 85.6 Å². The molecule has 0 aliphatic carbocycles. The highest BCUT2D eigenvalue weighted by atomic mass is 16.5. The molecule has 1 fully saturated rings. The maximum absolute atomic E-state index is 12.5. The zero-order chi connectivity index (χ0) is 20.1. The van der Waals surface area contributed by atoms with Crippen LogP contribution in [-0.2, 0) is 4.79 Å². The van der Waals surface area contributed by atoms with E-state index in [1.807, 2.05) is 35.4 Å². The van der Waals surface area contributed by atoms with Gasteiger partial charge in [0.1, 0.15) is 12.1 Å². The predicted molar refractivity (Wildman–Crippen MR) is 106 cm³/mol. The Labute approximate surface area is 168 Å². The molecule has 4 rings (SSSR count). The summed E-state index contributed by atoms with van der Waals surface area (Å²) in [5, 5.41) is 4.20. The molecule has 0 radical (unpaired) electrons. The minimum absolute atomic E-state index is 0.0165. The van der Waals surface area contributed by atoms with Gasteiger partial charge in [-0.1, -0.05) is 12.1 Å². The Morgan fingerprint density at radius 3 is 2.52 bits per heavy atom. The summed E-state index contributed by atoms with van der Waals surface area (Å²) in [6.45, 7) is 2.58. The fraction of sp³-hybridized carbons (Fsp3) is 0.300. The van der Waals surface area contributed by atoms with Crippen molar-refractivity contribution in [2.75, 3.05) is 44.8 Å². The van der Waals surface area contributed by atoms with Crippen molar-refractivity contribution in [2.24, 2.45) is 0 Å². The van der Waals surface area contributed by atoms with E-state index in [-0.39, 0.29) is 12.5 Å². The van der Waals surface area contributed by atoms with Gasteiger partial charge in [0.25, 0.3) is 5.91 Å². The van der Waals surface area contributed by atoms with Gasteiger partial charge in [0, 0.05) is 44.6 Å². The van der Waals surface area contributed by atoms with E-state index in [4.69, 9.17) is 9.47 Å². The Kier molecular flexibility index (Phi) is 5.55. The van der Waals surface area contributed by atoms with Gasteiger partial charge in [0.05, 0.1) is 7.11 Å². The second-order valence-corrected chi connectivity index (χ2v) is 6.49. The average Bonchev–Trinajstić information content (AvgIpc) is 3.33. The number of aromatic nitrogens is 4. The summed E-state index contributed by atoms with van der Waals surface area (Å²) in [7, 11) is 1.58. The Morgan fingerprint density at radius 2 is 1.79 bits per heavy atom. The van der Waals surface area contributed by atoms with E-state index in [2.05, 4.69) is 20.0 Å². The molecule has 2 aromatic heterocycles. The molecule has 0 unspecified atom stereocenters. The molecule has 0 spiro atoms. The number of carbonyl (C=O) groups is 1. The first kappa shape index (κ1) is 18.7. The number of benzene rings is 1. The number of para-hydroxylation sites is 2. The fourth-order valence-corrected chi connectivity index (χ4v) is 3.19. The van der Waals surface area contributed by atoms with Crippen LogP contribution in [0.1, 0.15) is 0 Å². The number of hydrogen-bond donors (Lipinski definition) is 0.